The highest BCUT2D eigenvalue weighted by atomic mass is 35.5. The van der Waals surface area contributed by atoms with Crippen molar-refractivity contribution in [2.75, 3.05) is 12.0 Å². The summed E-state index contributed by atoms with van der Waals surface area (Å²) in [4.78, 5) is 18.9. The van der Waals surface area contributed by atoms with Gasteiger partial charge in [0.2, 0.25) is 0 Å². The lowest BCUT2D eigenvalue weighted by molar-refractivity contribution is -0.114. The summed E-state index contributed by atoms with van der Waals surface area (Å²) >= 11 is 5.99. The fourth-order valence-corrected chi connectivity index (χ4v) is 2.75. The zero-order valence-electron chi connectivity index (χ0n) is 14.9. The summed E-state index contributed by atoms with van der Waals surface area (Å²) in [5, 5.41) is 0.619. The third kappa shape index (κ3) is 4.96. The Bertz CT molecular complexity index is 925. The molecule has 0 N–H and O–H groups in total. The number of hydrogen-bond donors (Lipinski definition) is 0. The number of anilines is 1. The number of para-hydroxylation sites is 1. The van der Waals surface area contributed by atoms with Crippen molar-refractivity contribution in [3.05, 3.63) is 95.3 Å². The molecular weight excluding hydrogens is 360 g/mol. The van der Waals surface area contributed by atoms with E-state index < -0.39 is 0 Å². The molecule has 1 amide bonds. The number of aromatic nitrogens is 1. The molecule has 0 radical (unpaired) electrons. The van der Waals surface area contributed by atoms with Crippen LogP contribution in [0.15, 0.2) is 79.0 Å². The van der Waals surface area contributed by atoms with E-state index in [0.29, 0.717) is 17.3 Å². The Hall–Kier alpha value is -3.11. The topological polar surface area (TPSA) is 42.4 Å². The van der Waals surface area contributed by atoms with E-state index in [1.54, 1.807) is 36.4 Å². The van der Waals surface area contributed by atoms with Gasteiger partial charge in [0.1, 0.15) is 5.75 Å². The highest BCUT2D eigenvalue weighted by molar-refractivity contribution is 6.30. The molecule has 3 aromatic rings. The van der Waals surface area contributed by atoms with Gasteiger partial charge < -0.3 is 9.64 Å². The lowest BCUT2D eigenvalue weighted by Gasteiger charge is -2.21. The van der Waals surface area contributed by atoms with E-state index in [2.05, 4.69) is 4.98 Å². The van der Waals surface area contributed by atoms with Crippen molar-refractivity contribution in [3.63, 3.8) is 0 Å². The number of amides is 1. The molecule has 0 aliphatic heterocycles. The fraction of sp³-hybridized carbons (Fsp3) is 0.0909. The van der Waals surface area contributed by atoms with Gasteiger partial charge in [-0.3, -0.25) is 9.78 Å². The van der Waals surface area contributed by atoms with Crippen LogP contribution in [-0.4, -0.2) is 18.0 Å². The van der Waals surface area contributed by atoms with Crippen molar-refractivity contribution in [3.8, 4) is 5.75 Å². The van der Waals surface area contributed by atoms with Crippen LogP contribution < -0.4 is 9.64 Å². The smallest absolute Gasteiger partial charge is 0.251 e. The third-order valence-electron chi connectivity index (χ3n) is 3.99. The zero-order valence-corrected chi connectivity index (χ0v) is 15.6. The molecule has 0 bridgehead atoms. The minimum Gasteiger partial charge on any atom is -0.496 e. The number of methoxy groups -OCH3 is 1. The number of hydrogen-bond acceptors (Lipinski definition) is 3. The normalized spacial score (nSPS) is 10.7. The summed E-state index contributed by atoms with van der Waals surface area (Å²) in [5.41, 5.74) is 2.38. The third-order valence-corrected chi connectivity index (χ3v) is 4.25. The fourth-order valence-electron chi connectivity index (χ4n) is 2.63. The van der Waals surface area contributed by atoms with E-state index in [0.717, 1.165) is 16.9 Å². The number of carbonyl (C=O) groups excluding carboxylic acids is 1. The Morgan fingerprint density at radius 1 is 1.07 bits per heavy atom. The van der Waals surface area contributed by atoms with Crippen LogP contribution in [0.3, 0.4) is 0 Å². The van der Waals surface area contributed by atoms with Gasteiger partial charge in [-0.05, 0) is 48.5 Å². The SMILES string of the molecule is COc1ccccc1/C=C/C(=O)N(Cc1ccccn1)c1ccc(Cl)cc1. The second-order valence-corrected chi connectivity index (χ2v) is 6.23. The Balaban J connectivity index is 1.88. The lowest BCUT2D eigenvalue weighted by Crippen LogP contribution is -2.29. The van der Waals surface area contributed by atoms with Crippen molar-refractivity contribution in [2.24, 2.45) is 0 Å². The summed E-state index contributed by atoms with van der Waals surface area (Å²) in [6.07, 6.45) is 5.00. The van der Waals surface area contributed by atoms with Gasteiger partial charge in [0.25, 0.3) is 5.91 Å². The van der Waals surface area contributed by atoms with Gasteiger partial charge in [-0.25, -0.2) is 0 Å². The Morgan fingerprint density at radius 3 is 2.52 bits per heavy atom. The molecule has 1 heterocycles. The second-order valence-electron chi connectivity index (χ2n) is 5.80. The number of benzene rings is 2. The van der Waals surface area contributed by atoms with Gasteiger partial charge in [-0.2, -0.15) is 0 Å². The molecule has 0 saturated heterocycles. The van der Waals surface area contributed by atoms with E-state index in [-0.39, 0.29) is 5.91 Å². The first-order valence-corrected chi connectivity index (χ1v) is 8.83. The van der Waals surface area contributed by atoms with Gasteiger partial charge in [0.15, 0.2) is 0 Å². The maximum absolute atomic E-state index is 12.9. The Kier molecular flexibility index (Phi) is 6.23. The molecule has 4 nitrogen and oxygen atoms in total. The zero-order chi connectivity index (χ0) is 19.1. The monoisotopic (exact) mass is 378 g/mol. The summed E-state index contributed by atoms with van der Waals surface area (Å²) in [6, 6.07) is 20.3. The van der Waals surface area contributed by atoms with E-state index in [1.807, 2.05) is 54.6 Å². The molecule has 0 saturated carbocycles. The molecule has 27 heavy (non-hydrogen) atoms. The van der Waals surface area contributed by atoms with Crippen LogP contribution in [0.5, 0.6) is 5.75 Å². The van der Waals surface area contributed by atoms with Crippen LogP contribution in [0.25, 0.3) is 6.08 Å². The van der Waals surface area contributed by atoms with Crippen molar-refractivity contribution in [1.82, 2.24) is 4.98 Å². The molecule has 0 unspecified atom stereocenters. The van der Waals surface area contributed by atoms with E-state index in [9.17, 15) is 4.79 Å². The molecule has 136 valence electrons. The lowest BCUT2D eigenvalue weighted by atomic mass is 10.1. The first-order chi connectivity index (χ1) is 13.2. The number of nitrogens with zero attached hydrogens (tertiary/aromatic N) is 2. The number of ether oxygens (including phenoxy) is 1. The molecule has 0 aliphatic carbocycles. The second kappa shape index (κ2) is 9.01. The Labute approximate surface area is 163 Å². The van der Waals surface area contributed by atoms with Crippen LogP contribution in [0, 0.1) is 0 Å². The Morgan fingerprint density at radius 2 is 1.81 bits per heavy atom. The van der Waals surface area contributed by atoms with Crippen molar-refractivity contribution in [2.45, 2.75) is 6.54 Å². The summed E-state index contributed by atoms with van der Waals surface area (Å²) < 4.78 is 5.33. The minimum absolute atomic E-state index is 0.158. The summed E-state index contributed by atoms with van der Waals surface area (Å²) in [5.74, 6) is 0.554. The summed E-state index contributed by atoms with van der Waals surface area (Å²) in [7, 11) is 1.61. The summed E-state index contributed by atoms with van der Waals surface area (Å²) in [6.45, 7) is 0.359. The van der Waals surface area contributed by atoms with Gasteiger partial charge in [-0.1, -0.05) is 35.9 Å². The average molecular weight is 379 g/mol. The minimum atomic E-state index is -0.158. The van der Waals surface area contributed by atoms with Crippen LogP contribution in [0.1, 0.15) is 11.3 Å². The predicted octanol–water partition coefficient (Wildman–Crippen LogP) is 4.99. The molecule has 0 spiro atoms. The number of halogens is 1. The van der Waals surface area contributed by atoms with Crippen molar-refractivity contribution >= 4 is 29.3 Å². The molecule has 0 fully saturated rings. The van der Waals surface area contributed by atoms with E-state index in [1.165, 1.54) is 6.08 Å². The molecule has 1 aromatic heterocycles. The standard InChI is InChI=1S/C22H19ClN2O2/c1-27-21-8-3-2-6-17(21)9-14-22(26)25(16-19-7-4-5-15-24-19)20-12-10-18(23)11-13-20/h2-15H,16H2,1H3/b14-9+. The van der Waals surface area contributed by atoms with Gasteiger partial charge >= 0.3 is 0 Å². The maximum Gasteiger partial charge on any atom is 0.251 e. The number of carbonyl (C=O) groups is 1. The highest BCUT2D eigenvalue weighted by Gasteiger charge is 2.15. The highest BCUT2D eigenvalue weighted by Crippen LogP contribution is 2.22. The van der Waals surface area contributed by atoms with Crippen LogP contribution in [0.2, 0.25) is 5.02 Å². The maximum atomic E-state index is 12.9. The number of rotatable bonds is 6. The van der Waals surface area contributed by atoms with Gasteiger partial charge in [-0.15, -0.1) is 0 Å². The molecule has 2 aromatic carbocycles. The van der Waals surface area contributed by atoms with Gasteiger partial charge in [0.05, 0.1) is 19.3 Å². The van der Waals surface area contributed by atoms with Crippen LogP contribution >= 0.6 is 11.6 Å². The first kappa shape index (κ1) is 18.7. The van der Waals surface area contributed by atoms with E-state index >= 15 is 0 Å². The quantitative estimate of drug-likeness (QED) is 0.567. The largest absolute Gasteiger partial charge is 0.496 e. The van der Waals surface area contributed by atoms with Crippen LogP contribution in [-0.2, 0) is 11.3 Å². The molecular formula is C22H19ClN2O2. The van der Waals surface area contributed by atoms with Gasteiger partial charge in [0, 0.05) is 28.5 Å². The van der Waals surface area contributed by atoms with Crippen molar-refractivity contribution in [1.29, 1.82) is 0 Å². The average Bonchev–Trinajstić information content (AvgIpc) is 2.72. The number of pyridine rings is 1. The van der Waals surface area contributed by atoms with Crippen molar-refractivity contribution < 1.29 is 9.53 Å². The molecule has 0 aliphatic rings. The first-order valence-electron chi connectivity index (χ1n) is 8.45. The molecule has 3 rings (SSSR count). The molecule has 0 atom stereocenters. The predicted molar refractivity (Wildman–Crippen MR) is 109 cm³/mol. The van der Waals surface area contributed by atoms with E-state index in [4.69, 9.17) is 16.3 Å². The molecule has 5 heteroatoms. The van der Waals surface area contributed by atoms with Crippen LogP contribution in [0.4, 0.5) is 5.69 Å².